The van der Waals surface area contributed by atoms with Crippen molar-refractivity contribution in [3.8, 4) is 0 Å². The number of aliphatic hydroxyl groups excluding tert-OH is 1. The Hall–Kier alpha value is -0.870. The predicted octanol–water partition coefficient (Wildman–Crippen LogP) is 3.92. The molecule has 136 valence electrons. The summed E-state index contributed by atoms with van der Waals surface area (Å²) in [6.07, 6.45) is 8.22. The maximum absolute atomic E-state index is 11.3. The quantitative estimate of drug-likeness (QED) is 0.767. The van der Waals surface area contributed by atoms with Gasteiger partial charge in [-0.25, -0.2) is 0 Å². The zero-order chi connectivity index (χ0) is 17.8. The van der Waals surface area contributed by atoms with Crippen molar-refractivity contribution in [1.82, 2.24) is 0 Å². The van der Waals surface area contributed by atoms with Gasteiger partial charge in [0.2, 0.25) is 0 Å². The highest BCUT2D eigenvalue weighted by molar-refractivity contribution is 5.68. The highest BCUT2D eigenvalue weighted by Crippen LogP contribution is 2.66. The molecule has 1 saturated heterocycles. The van der Waals surface area contributed by atoms with Crippen molar-refractivity contribution in [3.05, 3.63) is 11.6 Å². The van der Waals surface area contributed by atoms with E-state index in [1.807, 2.05) is 6.92 Å². The smallest absolute Gasteiger partial charge is 0.306 e. The molecule has 3 rings (SSSR count). The van der Waals surface area contributed by atoms with E-state index in [1.54, 1.807) is 0 Å². The van der Waals surface area contributed by atoms with Gasteiger partial charge in [-0.05, 0) is 55.9 Å². The first-order valence-corrected chi connectivity index (χ1v) is 9.31. The fraction of sp³-hybridized carbons (Fsp3) is 0.850. The van der Waals surface area contributed by atoms with Gasteiger partial charge in [0.25, 0.3) is 0 Å². The Labute approximate surface area is 145 Å². The zero-order valence-corrected chi connectivity index (χ0v) is 15.5. The molecule has 3 aliphatic rings. The van der Waals surface area contributed by atoms with Crippen LogP contribution in [0.3, 0.4) is 0 Å². The lowest BCUT2D eigenvalue weighted by molar-refractivity contribution is -0.195. The topological polar surface area (TPSA) is 66.8 Å². The SMILES string of the molecule is CC1(C)CCC[C@@]2(C)[C@H]1CC=C(CO)[C@]21CC[C@@](C)(CC(=O)O)O1. The molecule has 0 aromatic carbocycles. The Morgan fingerprint density at radius 2 is 1.92 bits per heavy atom. The minimum Gasteiger partial charge on any atom is -0.481 e. The molecular formula is C20H32O4. The number of aliphatic carboxylic acids is 1. The van der Waals surface area contributed by atoms with Crippen molar-refractivity contribution < 1.29 is 19.7 Å². The predicted molar refractivity (Wildman–Crippen MR) is 92.7 cm³/mol. The molecule has 0 aromatic rings. The highest BCUT2D eigenvalue weighted by Gasteiger charge is 2.65. The van der Waals surface area contributed by atoms with Gasteiger partial charge in [0.15, 0.2) is 0 Å². The number of allylic oxidation sites excluding steroid dienone is 1. The molecule has 0 amide bonds. The van der Waals surface area contributed by atoms with Crippen LogP contribution in [-0.2, 0) is 9.53 Å². The largest absolute Gasteiger partial charge is 0.481 e. The molecule has 4 atom stereocenters. The standard InChI is InChI=1S/C20H32O4/c1-17(2)8-5-9-19(4)15(17)7-6-14(13-21)20(19)11-10-18(3,24-20)12-16(22)23/h6,15,21H,5,7-13H2,1-4H3,(H,22,23)/t15-,18-,19-,20+/m0/s1. The molecule has 0 unspecified atom stereocenters. The van der Waals surface area contributed by atoms with Crippen molar-refractivity contribution in [2.24, 2.45) is 16.7 Å². The molecular weight excluding hydrogens is 304 g/mol. The summed E-state index contributed by atoms with van der Waals surface area (Å²) in [5.41, 5.74) is 0.0249. The number of rotatable bonds is 3. The van der Waals surface area contributed by atoms with Gasteiger partial charge in [0.05, 0.1) is 24.2 Å². The Bertz CT molecular complexity index is 566. The van der Waals surface area contributed by atoms with Crippen LogP contribution in [0.25, 0.3) is 0 Å². The second-order valence-electron chi connectivity index (χ2n) is 9.38. The lowest BCUT2D eigenvalue weighted by atomic mass is 9.46. The normalized spacial score (nSPS) is 44.2. The van der Waals surface area contributed by atoms with E-state index in [-0.39, 0.29) is 23.9 Å². The molecule has 4 nitrogen and oxygen atoms in total. The number of hydrogen-bond donors (Lipinski definition) is 2. The van der Waals surface area contributed by atoms with E-state index < -0.39 is 17.2 Å². The minimum absolute atomic E-state index is 0.00584. The Morgan fingerprint density at radius 1 is 1.21 bits per heavy atom. The van der Waals surface area contributed by atoms with Crippen LogP contribution in [0, 0.1) is 16.7 Å². The second kappa shape index (κ2) is 5.57. The lowest BCUT2D eigenvalue weighted by Crippen LogP contribution is -2.60. The van der Waals surface area contributed by atoms with E-state index in [0.29, 0.717) is 5.92 Å². The van der Waals surface area contributed by atoms with E-state index in [2.05, 4.69) is 26.8 Å². The lowest BCUT2D eigenvalue weighted by Gasteiger charge is -2.61. The van der Waals surface area contributed by atoms with E-state index in [9.17, 15) is 15.0 Å². The summed E-state index contributed by atoms with van der Waals surface area (Å²) in [5.74, 6) is -0.313. The molecule has 2 fully saturated rings. The van der Waals surface area contributed by atoms with E-state index >= 15 is 0 Å². The molecule has 1 aliphatic heterocycles. The minimum atomic E-state index is -0.814. The number of hydrogen-bond acceptors (Lipinski definition) is 3. The Kier molecular flexibility index (Phi) is 4.16. The van der Waals surface area contributed by atoms with E-state index in [0.717, 1.165) is 31.3 Å². The molecule has 1 saturated carbocycles. The number of carbonyl (C=O) groups is 1. The Morgan fingerprint density at radius 3 is 2.54 bits per heavy atom. The highest BCUT2D eigenvalue weighted by atomic mass is 16.5. The first kappa shape index (κ1) is 17.9. The van der Waals surface area contributed by atoms with Crippen molar-refractivity contribution in [3.63, 3.8) is 0 Å². The summed E-state index contributed by atoms with van der Waals surface area (Å²) in [4.78, 5) is 11.3. The molecule has 4 heteroatoms. The summed E-state index contributed by atoms with van der Waals surface area (Å²) < 4.78 is 6.65. The molecule has 2 N–H and O–H groups in total. The third kappa shape index (κ3) is 2.45. The van der Waals surface area contributed by atoms with Gasteiger partial charge in [0, 0.05) is 5.41 Å². The molecule has 2 aliphatic carbocycles. The van der Waals surface area contributed by atoms with Crippen LogP contribution in [0.5, 0.6) is 0 Å². The third-order valence-electron chi connectivity index (χ3n) is 7.39. The monoisotopic (exact) mass is 336 g/mol. The number of fused-ring (bicyclic) bond motifs is 2. The van der Waals surface area contributed by atoms with Crippen LogP contribution < -0.4 is 0 Å². The van der Waals surface area contributed by atoms with E-state index in [1.165, 1.54) is 12.8 Å². The molecule has 0 bridgehead atoms. The maximum atomic E-state index is 11.3. The summed E-state index contributed by atoms with van der Waals surface area (Å²) in [6.45, 7) is 8.96. The van der Waals surface area contributed by atoms with Crippen LogP contribution >= 0.6 is 0 Å². The van der Waals surface area contributed by atoms with Crippen LogP contribution in [0.2, 0.25) is 0 Å². The maximum Gasteiger partial charge on any atom is 0.306 e. The van der Waals surface area contributed by atoms with Gasteiger partial charge in [-0.3, -0.25) is 4.79 Å². The first-order valence-electron chi connectivity index (χ1n) is 9.31. The number of aliphatic hydroxyl groups is 1. The first-order chi connectivity index (χ1) is 11.1. The van der Waals surface area contributed by atoms with Crippen LogP contribution in [-0.4, -0.2) is 34.0 Å². The van der Waals surface area contributed by atoms with Gasteiger partial charge < -0.3 is 14.9 Å². The van der Waals surface area contributed by atoms with Crippen molar-refractivity contribution in [1.29, 1.82) is 0 Å². The van der Waals surface area contributed by atoms with Crippen LogP contribution in [0.4, 0.5) is 0 Å². The molecule has 0 aromatic heterocycles. The second-order valence-corrected chi connectivity index (χ2v) is 9.38. The fourth-order valence-electron chi connectivity index (χ4n) is 6.20. The fourth-order valence-corrected chi connectivity index (χ4v) is 6.20. The molecule has 0 radical (unpaired) electrons. The van der Waals surface area contributed by atoms with Crippen molar-refractivity contribution in [2.75, 3.05) is 6.61 Å². The van der Waals surface area contributed by atoms with Gasteiger partial charge in [-0.15, -0.1) is 0 Å². The van der Waals surface area contributed by atoms with Crippen LogP contribution in [0.15, 0.2) is 11.6 Å². The van der Waals surface area contributed by atoms with Crippen molar-refractivity contribution >= 4 is 5.97 Å². The average Bonchev–Trinajstić information content (AvgIpc) is 2.79. The third-order valence-corrected chi connectivity index (χ3v) is 7.39. The van der Waals surface area contributed by atoms with Crippen LogP contribution in [0.1, 0.15) is 72.6 Å². The molecule has 24 heavy (non-hydrogen) atoms. The molecule has 1 spiro atoms. The van der Waals surface area contributed by atoms with E-state index in [4.69, 9.17) is 4.74 Å². The van der Waals surface area contributed by atoms with Crippen molar-refractivity contribution in [2.45, 2.75) is 83.8 Å². The van der Waals surface area contributed by atoms with Gasteiger partial charge in [0.1, 0.15) is 0 Å². The number of carboxylic acid groups (broad SMARTS) is 1. The summed E-state index contributed by atoms with van der Waals surface area (Å²) in [7, 11) is 0. The Balaban J connectivity index is 2.05. The summed E-state index contributed by atoms with van der Waals surface area (Å²) in [6, 6.07) is 0. The summed E-state index contributed by atoms with van der Waals surface area (Å²) in [5, 5.41) is 19.3. The summed E-state index contributed by atoms with van der Waals surface area (Å²) >= 11 is 0. The number of ether oxygens (including phenoxy) is 1. The number of carboxylic acids is 1. The zero-order valence-electron chi connectivity index (χ0n) is 15.5. The molecule has 1 heterocycles. The van der Waals surface area contributed by atoms with Gasteiger partial charge in [-0.2, -0.15) is 0 Å². The van der Waals surface area contributed by atoms with Gasteiger partial charge in [-0.1, -0.05) is 33.3 Å². The van der Waals surface area contributed by atoms with Gasteiger partial charge >= 0.3 is 5.97 Å². The average molecular weight is 336 g/mol.